The molecule has 0 spiro atoms. The van der Waals surface area contributed by atoms with E-state index in [1.165, 1.54) is 52.8 Å². The molecule has 0 radical (unpaired) electrons. The Bertz CT molecular complexity index is 1570. The third-order valence-electron chi connectivity index (χ3n) is 5.39. The van der Waals surface area contributed by atoms with Crippen LogP contribution in [0.15, 0.2) is 25.5 Å². The average molecular weight is 416 g/mol. The summed E-state index contributed by atoms with van der Waals surface area (Å²) < 4.78 is 7.25. The molecule has 4 rings (SSSR count). The molecular weight excluding hydrogens is 396 g/mol. The van der Waals surface area contributed by atoms with Crippen molar-refractivity contribution in [3.05, 3.63) is 53.8 Å². The molecule has 4 aromatic heterocycles. The standard InChI is InChI=1S/C17H20N8O5/c1-20-9-13(22(3)17(30)23(4)14(9)27)19-11(20)8(26)6-25-7-18-12-10(25)15(28)24(5)16(29)21(12)2/h7-8,26H,6H2,1-5H3. The summed E-state index contributed by atoms with van der Waals surface area (Å²) in [6, 6.07) is 0. The van der Waals surface area contributed by atoms with Crippen molar-refractivity contribution in [2.24, 2.45) is 35.2 Å². The van der Waals surface area contributed by atoms with Crippen LogP contribution in [0, 0.1) is 0 Å². The van der Waals surface area contributed by atoms with Gasteiger partial charge in [0.2, 0.25) is 0 Å². The first kappa shape index (κ1) is 19.6. The first-order chi connectivity index (χ1) is 14.1. The molecule has 1 N–H and O–H groups in total. The SMILES string of the molecule is Cn1c(=O)c2c(ncn2CC(O)c2nc3c(c(=O)n(C)c(=O)n3C)n2C)n(C)c1=O. The summed E-state index contributed by atoms with van der Waals surface area (Å²) in [5.74, 6) is 0.145. The normalized spacial score (nSPS) is 12.9. The van der Waals surface area contributed by atoms with Crippen LogP contribution < -0.4 is 22.5 Å². The van der Waals surface area contributed by atoms with Crippen molar-refractivity contribution in [3.63, 3.8) is 0 Å². The van der Waals surface area contributed by atoms with E-state index in [0.29, 0.717) is 0 Å². The molecule has 0 aromatic carbocycles. The summed E-state index contributed by atoms with van der Waals surface area (Å²) >= 11 is 0. The molecule has 158 valence electrons. The van der Waals surface area contributed by atoms with E-state index in [-0.39, 0.29) is 34.7 Å². The highest BCUT2D eigenvalue weighted by atomic mass is 16.3. The number of aliphatic hydroxyl groups is 1. The predicted molar refractivity (Wildman–Crippen MR) is 106 cm³/mol. The van der Waals surface area contributed by atoms with Gasteiger partial charge in [-0.25, -0.2) is 19.6 Å². The van der Waals surface area contributed by atoms with E-state index in [1.54, 1.807) is 7.05 Å². The van der Waals surface area contributed by atoms with Crippen LogP contribution in [0.1, 0.15) is 11.9 Å². The Morgan fingerprint density at radius 3 is 1.93 bits per heavy atom. The van der Waals surface area contributed by atoms with Gasteiger partial charge in [-0.1, -0.05) is 0 Å². The van der Waals surface area contributed by atoms with Crippen molar-refractivity contribution in [1.82, 2.24) is 37.4 Å². The van der Waals surface area contributed by atoms with Crippen LogP contribution in [0.2, 0.25) is 0 Å². The van der Waals surface area contributed by atoms with E-state index in [9.17, 15) is 24.3 Å². The number of rotatable bonds is 3. The Morgan fingerprint density at radius 2 is 1.33 bits per heavy atom. The Labute approximate surface area is 167 Å². The quantitative estimate of drug-likeness (QED) is 0.387. The largest absolute Gasteiger partial charge is 0.383 e. The number of imidazole rings is 2. The van der Waals surface area contributed by atoms with Gasteiger partial charge in [-0.05, 0) is 0 Å². The van der Waals surface area contributed by atoms with Crippen LogP contribution in [0.4, 0.5) is 0 Å². The molecule has 0 aliphatic rings. The molecule has 0 saturated heterocycles. The maximum atomic E-state index is 12.6. The fourth-order valence-corrected chi connectivity index (χ4v) is 3.64. The van der Waals surface area contributed by atoms with Gasteiger partial charge in [-0.3, -0.25) is 27.9 Å². The molecule has 13 heteroatoms. The lowest BCUT2D eigenvalue weighted by molar-refractivity contribution is 0.145. The highest BCUT2D eigenvalue weighted by Crippen LogP contribution is 2.19. The first-order valence-corrected chi connectivity index (χ1v) is 8.97. The third-order valence-corrected chi connectivity index (χ3v) is 5.39. The molecule has 0 aliphatic carbocycles. The number of aliphatic hydroxyl groups excluding tert-OH is 1. The lowest BCUT2D eigenvalue weighted by Gasteiger charge is -2.12. The number of hydrogen-bond donors (Lipinski definition) is 1. The van der Waals surface area contributed by atoms with Crippen LogP contribution in [-0.4, -0.2) is 42.5 Å². The second-order valence-corrected chi connectivity index (χ2v) is 7.20. The molecule has 0 saturated carbocycles. The number of aryl methyl sites for hydroxylation is 3. The first-order valence-electron chi connectivity index (χ1n) is 8.97. The van der Waals surface area contributed by atoms with Gasteiger partial charge in [-0.2, -0.15) is 0 Å². The van der Waals surface area contributed by atoms with Gasteiger partial charge in [-0.15, -0.1) is 0 Å². The molecule has 0 fully saturated rings. The molecule has 1 unspecified atom stereocenters. The third kappa shape index (κ3) is 2.45. The van der Waals surface area contributed by atoms with Crippen LogP contribution in [0.5, 0.6) is 0 Å². The number of hydrogen-bond acceptors (Lipinski definition) is 7. The van der Waals surface area contributed by atoms with Crippen molar-refractivity contribution in [1.29, 1.82) is 0 Å². The van der Waals surface area contributed by atoms with Gasteiger partial charge in [0, 0.05) is 35.2 Å². The minimum Gasteiger partial charge on any atom is -0.383 e. The van der Waals surface area contributed by atoms with Crippen LogP contribution in [0.25, 0.3) is 22.3 Å². The zero-order valence-electron chi connectivity index (χ0n) is 17.0. The van der Waals surface area contributed by atoms with Gasteiger partial charge < -0.3 is 14.2 Å². The van der Waals surface area contributed by atoms with Crippen molar-refractivity contribution in [3.8, 4) is 0 Å². The summed E-state index contributed by atoms with van der Waals surface area (Å²) in [7, 11) is 7.28. The molecule has 0 amide bonds. The Kier molecular flexibility index (Phi) is 4.16. The van der Waals surface area contributed by atoms with E-state index in [2.05, 4.69) is 9.97 Å². The average Bonchev–Trinajstić information content (AvgIpc) is 3.29. The minimum atomic E-state index is -1.22. The van der Waals surface area contributed by atoms with E-state index >= 15 is 0 Å². The molecule has 1 atom stereocenters. The highest BCUT2D eigenvalue weighted by molar-refractivity contribution is 5.71. The summed E-state index contributed by atoms with van der Waals surface area (Å²) in [6.45, 7) is -0.102. The number of aromatic nitrogens is 8. The van der Waals surface area contributed by atoms with E-state index in [4.69, 9.17) is 0 Å². The van der Waals surface area contributed by atoms with E-state index in [0.717, 1.165) is 9.13 Å². The minimum absolute atomic E-state index is 0.102. The zero-order chi connectivity index (χ0) is 22.1. The van der Waals surface area contributed by atoms with Gasteiger partial charge in [0.05, 0.1) is 12.9 Å². The summed E-state index contributed by atoms with van der Waals surface area (Å²) in [6.07, 6.45) is 0.133. The van der Waals surface area contributed by atoms with Gasteiger partial charge in [0.15, 0.2) is 22.3 Å². The molecule has 4 heterocycles. The van der Waals surface area contributed by atoms with Crippen molar-refractivity contribution < 1.29 is 5.11 Å². The monoisotopic (exact) mass is 416 g/mol. The van der Waals surface area contributed by atoms with Crippen LogP contribution >= 0.6 is 0 Å². The molecule has 13 nitrogen and oxygen atoms in total. The van der Waals surface area contributed by atoms with Gasteiger partial charge >= 0.3 is 11.4 Å². The summed E-state index contributed by atoms with van der Waals surface area (Å²) in [5, 5.41) is 10.8. The summed E-state index contributed by atoms with van der Waals surface area (Å²) in [5.41, 5.74) is -1.45. The van der Waals surface area contributed by atoms with Crippen LogP contribution in [0.3, 0.4) is 0 Å². The Balaban J connectivity index is 1.88. The van der Waals surface area contributed by atoms with E-state index in [1.807, 2.05) is 0 Å². The Morgan fingerprint density at radius 1 is 0.800 bits per heavy atom. The fourth-order valence-electron chi connectivity index (χ4n) is 3.64. The molecule has 0 bridgehead atoms. The second-order valence-electron chi connectivity index (χ2n) is 7.20. The maximum absolute atomic E-state index is 12.6. The van der Waals surface area contributed by atoms with Crippen LogP contribution in [-0.2, 0) is 41.8 Å². The highest BCUT2D eigenvalue weighted by Gasteiger charge is 2.23. The molecule has 4 aromatic rings. The number of fused-ring (bicyclic) bond motifs is 2. The maximum Gasteiger partial charge on any atom is 0.332 e. The fraction of sp³-hybridized carbons (Fsp3) is 0.412. The molecule has 30 heavy (non-hydrogen) atoms. The molecule has 0 aliphatic heterocycles. The van der Waals surface area contributed by atoms with Gasteiger partial charge in [0.25, 0.3) is 11.1 Å². The van der Waals surface area contributed by atoms with Crippen molar-refractivity contribution >= 4 is 22.3 Å². The smallest absolute Gasteiger partial charge is 0.332 e. The lowest BCUT2D eigenvalue weighted by atomic mass is 10.3. The number of nitrogens with zero attached hydrogens (tertiary/aromatic N) is 8. The Hall–Kier alpha value is -3.74. The van der Waals surface area contributed by atoms with Crippen molar-refractivity contribution in [2.75, 3.05) is 0 Å². The van der Waals surface area contributed by atoms with Gasteiger partial charge in [0.1, 0.15) is 11.9 Å². The second kappa shape index (κ2) is 6.38. The molecular formula is C17H20N8O5. The lowest BCUT2D eigenvalue weighted by Crippen LogP contribution is -2.37. The topological polar surface area (TPSA) is 144 Å². The summed E-state index contributed by atoms with van der Waals surface area (Å²) in [4.78, 5) is 57.7. The van der Waals surface area contributed by atoms with Crippen molar-refractivity contribution in [2.45, 2.75) is 12.6 Å². The van der Waals surface area contributed by atoms with E-state index < -0.39 is 28.6 Å². The predicted octanol–water partition coefficient (Wildman–Crippen LogP) is -2.55. The zero-order valence-corrected chi connectivity index (χ0v) is 17.0.